The third kappa shape index (κ3) is 12.4. The Kier molecular flexibility index (Phi) is 16.8. The summed E-state index contributed by atoms with van der Waals surface area (Å²) in [6.45, 7) is 3.61. The topological polar surface area (TPSA) is 90.7 Å². The molecule has 0 aliphatic heterocycles. The summed E-state index contributed by atoms with van der Waals surface area (Å²) in [6, 6.07) is 20.9. The average Bonchev–Trinajstić information content (AvgIpc) is 3.21. The zero-order chi connectivity index (χ0) is 44.4. The first-order valence-electron chi connectivity index (χ1n) is 16.8. The Morgan fingerprint density at radius 3 is 1.47 bits per heavy atom. The van der Waals surface area contributed by atoms with E-state index in [1.807, 2.05) is 0 Å². The van der Waals surface area contributed by atoms with Crippen molar-refractivity contribution in [3.8, 4) is 0 Å². The average molecular weight is 1030 g/mol. The number of aromatic nitrogens is 3. The highest BCUT2D eigenvalue weighted by Crippen LogP contribution is 2.27. The molecule has 0 amide bonds. The Morgan fingerprint density at radius 1 is 0.450 bits per heavy atom. The number of anilines is 2. The molecular formula is C42H28Br3F10N5. The van der Waals surface area contributed by atoms with Gasteiger partial charge in [0.2, 0.25) is 0 Å². The first-order valence-corrected chi connectivity index (χ1v) is 19.5. The molecule has 3 aromatic heterocycles. The van der Waals surface area contributed by atoms with Gasteiger partial charge in [0.25, 0.3) is 0 Å². The Morgan fingerprint density at radius 2 is 0.917 bits per heavy atom. The van der Waals surface area contributed by atoms with Gasteiger partial charge in [0.1, 0.15) is 0 Å². The molecule has 8 aromatic rings. The molecule has 312 valence electrons. The zero-order valence-electron chi connectivity index (χ0n) is 30.9. The molecule has 18 heteroatoms. The van der Waals surface area contributed by atoms with Gasteiger partial charge in [0.15, 0.2) is 58.2 Å². The molecule has 0 atom stereocenters. The number of hydrogen-bond donors (Lipinski definition) is 2. The van der Waals surface area contributed by atoms with Crippen LogP contribution in [0, 0.1) is 72.0 Å². The van der Waals surface area contributed by atoms with Gasteiger partial charge in [-0.15, -0.1) is 0 Å². The molecule has 0 fully saturated rings. The van der Waals surface area contributed by atoms with Gasteiger partial charge in [-0.1, -0.05) is 15.9 Å². The van der Waals surface area contributed by atoms with Crippen LogP contribution in [0.5, 0.6) is 0 Å². The van der Waals surface area contributed by atoms with E-state index in [0.29, 0.717) is 30.8 Å². The third-order valence-corrected chi connectivity index (χ3v) is 9.66. The highest BCUT2D eigenvalue weighted by Gasteiger charge is 2.12. The lowest BCUT2D eigenvalue weighted by Crippen LogP contribution is -1.91. The fourth-order valence-corrected chi connectivity index (χ4v) is 5.97. The van der Waals surface area contributed by atoms with Gasteiger partial charge < -0.3 is 11.5 Å². The van der Waals surface area contributed by atoms with Gasteiger partial charge in [-0.2, -0.15) is 0 Å². The number of pyridine rings is 3. The number of nitrogen functional groups attached to an aromatic ring is 2. The van der Waals surface area contributed by atoms with E-state index in [9.17, 15) is 43.9 Å². The van der Waals surface area contributed by atoms with Crippen molar-refractivity contribution in [1.82, 2.24) is 15.0 Å². The largest absolute Gasteiger partial charge is 0.399 e. The highest BCUT2D eigenvalue weighted by atomic mass is 79.9. The SMILES string of the molecule is Cc1ccc2c(F)c(F)cc(Br)c2n1.Cc1ccc2c(F)c(F)ccc2n1.Fc1ccc2nc(CBr)ccc2c1F.Nc1cc(F)c(F)cc1Br.Nc1ccc(F)c(F)c1. The second kappa shape index (κ2) is 21.3. The number of nitrogens with two attached hydrogens (primary N) is 2. The number of aryl methyl sites for hydroxylation is 2. The molecular weight excluding hydrogens is 1000 g/mol. The van der Waals surface area contributed by atoms with Crippen molar-refractivity contribution in [2.45, 2.75) is 19.2 Å². The van der Waals surface area contributed by atoms with Gasteiger partial charge >= 0.3 is 0 Å². The summed E-state index contributed by atoms with van der Waals surface area (Å²) in [4.78, 5) is 12.3. The summed E-state index contributed by atoms with van der Waals surface area (Å²) in [5.41, 5.74) is 14.5. The molecule has 0 spiro atoms. The van der Waals surface area contributed by atoms with Crippen molar-refractivity contribution < 1.29 is 43.9 Å². The van der Waals surface area contributed by atoms with Crippen molar-refractivity contribution >= 4 is 91.9 Å². The Hall–Kier alpha value is -5.33. The summed E-state index contributed by atoms with van der Waals surface area (Å²) >= 11 is 9.34. The molecule has 0 saturated carbocycles. The first-order chi connectivity index (χ1) is 28.3. The maximum absolute atomic E-state index is 13.3. The van der Waals surface area contributed by atoms with Gasteiger partial charge in [0, 0.05) is 59.3 Å². The predicted octanol–water partition coefficient (Wildman–Crippen LogP) is 13.7. The number of nitrogens with zero attached hydrogens (tertiary/aromatic N) is 3. The predicted molar refractivity (Wildman–Crippen MR) is 224 cm³/mol. The van der Waals surface area contributed by atoms with Crippen LogP contribution in [0.25, 0.3) is 32.7 Å². The maximum atomic E-state index is 13.3. The highest BCUT2D eigenvalue weighted by molar-refractivity contribution is 9.11. The first kappa shape index (κ1) is 47.3. The fraction of sp³-hybridized carbons (Fsp3) is 0.0714. The molecule has 4 N–H and O–H groups in total. The van der Waals surface area contributed by atoms with Gasteiger partial charge in [-0.05, 0) is 137 Å². The molecule has 0 radical (unpaired) electrons. The van der Waals surface area contributed by atoms with E-state index in [1.165, 1.54) is 36.4 Å². The van der Waals surface area contributed by atoms with E-state index in [2.05, 4.69) is 62.7 Å². The lowest BCUT2D eigenvalue weighted by molar-refractivity contribution is 0.508. The lowest BCUT2D eigenvalue weighted by Gasteiger charge is -2.03. The minimum atomic E-state index is -0.930. The summed E-state index contributed by atoms with van der Waals surface area (Å²) in [5, 5.41) is 1.24. The summed E-state index contributed by atoms with van der Waals surface area (Å²) in [7, 11) is 0. The number of halogens is 13. The maximum Gasteiger partial charge on any atom is 0.168 e. The van der Waals surface area contributed by atoms with Gasteiger partial charge in [-0.25, -0.2) is 43.9 Å². The van der Waals surface area contributed by atoms with Crippen LogP contribution in [-0.2, 0) is 5.33 Å². The van der Waals surface area contributed by atoms with Crippen molar-refractivity contribution in [1.29, 1.82) is 0 Å². The summed E-state index contributed by atoms with van der Waals surface area (Å²) in [6.07, 6.45) is 0. The molecule has 0 unspecified atom stereocenters. The molecule has 3 heterocycles. The van der Waals surface area contributed by atoms with Crippen LogP contribution in [0.15, 0.2) is 106 Å². The summed E-state index contributed by atoms with van der Waals surface area (Å²) < 4.78 is 128. The number of benzene rings is 5. The van der Waals surface area contributed by atoms with Crippen LogP contribution in [0.3, 0.4) is 0 Å². The second-order valence-corrected chi connectivity index (χ2v) is 14.5. The van der Waals surface area contributed by atoms with Crippen LogP contribution in [0.1, 0.15) is 17.1 Å². The molecule has 60 heavy (non-hydrogen) atoms. The second-order valence-electron chi connectivity index (χ2n) is 12.2. The van der Waals surface area contributed by atoms with E-state index < -0.39 is 58.2 Å². The monoisotopic (exact) mass is 1030 g/mol. The van der Waals surface area contributed by atoms with Crippen LogP contribution in [-0.4, -0.2) is 15.0 Å². The Balaban J connectivity index is 0.000000167. The van der Waals surface area contributed by atoms with Gasteiger partial charge in [-0.3, -0.25) is 15.0 Å². The molecule has 0 bridgehead atoms. The van der Waals surface area contributed by atoms with E-state index in [-0.39, 0.29) is 27.5 Å². The molecule has 0 aliphatic carbocycles. The van der Waals surface area contributed by atoms with E-state index in [4.69, 9.17) is 11.5 Å². The van der Waals surface area contributed by atoms with E-state index in [0.717, 1.165) is 59.5 Å². The minimum Gasteiger partial charge on any atom is -0.399 e. The van der Waals surface area contributed by atoms with Crippen molar-refractivity contribution in [3.63, 3.8) is 0 Å². The Bertz CT molecular complexity index is 2760. The molecule has 0 saturated heterocycles. The Labute approximate surface area is 360 Å². The number of fused-ring (bicyclic) bond motifs is 3. The fourth-order valence-electron chi connectivity index (χ4n) is 4.84. The van der Waals surface area contributed by atoms with E-state index in [1.54, 1.807) is 32.0 Å². The zero-order valence-corrected chi connectivity index (χ0v) is 35.6. The molecule has 5 aromatic carbocycles. The lowest BCUT2D eigenvalue weighted by atomic mass is 10.2. The summed E-state index contributed by atoms with van der Waals surface area (Å²) in [5.74, 6) is -8.67. The standard InChI is InChI=1S/2C10H6BrF2N.C10H7F2N.C6H4BrF2N.C6H5F2N/c1-5-2-3-6-9(13)8(12)4-7(11)10(6)14-5;11-5-6-1-2-7-9(14-6)4-3-8(12)10(7)13;1-6-2-3-7-9(13-6)5-4-8(11)10(7)12;7-3-1-4(8)5(9)2-6(3)10;7-5-2-1-4(9)3-6(5)8/h2-4H,1H3;1-4H,5H2;2-5H,1H3;1-2H,10H2;1-3H,9H2. The third-order valence-electron chi connectivity index (χ3n) is 7.79. The molecule has 0 aliphatic rings. The minimum absolute atomic E-state index is 0.193. The van der Waals surface area contributed by atoms with E-state index >= 15 is 0 Å². The van der Waals surface area contributed by atoms with Crippen LogP contribution in [0.2, 0.25) is 0 Å². The molecule has 5 nitrogen and oxygen atoms in total. The van der Waals surface area contributed by atoms with Crippen molar-refractivity contribution in [3.05, 3.63) is 181 Å². The van der Waals surface area contributed by atoms with Crippen molar-refractivity contribution in [2.24, 2.45) is 0 Å². The number of hydrogen-bond acceptors (Lipinski definition) is 5. The van der Waals surface area contributed by atoms with Crippen LogP contribution < -0.4 is 11.5 Å². The van der Waals surface area contributed by atoms with Gasteiger partial charge in [0.05, 0.1) is 22.2 Å². The number of rotatable bonds is 1. The normalized spacial score (nSPS) is 10.4. The smallest absolute Gasteiger partial charge is 0.168 e. The van der Waals surface area contributed by atoms with Crippen LogP contribution in [0.4, 0.5) is 55.3 Å². The number of alkyl halides is 1. The quantitative estimate of drug-likeness (QED) is 0.0740. The van der Waals surface area contributed by atoms with Crippen LogP contribution >= 0.6 is 47.8 Å². The molecule has 8 rings (SSSR count). The van der Waals surface area contributed by atoms with Crippen molar-refractivity contribution in [2.75, 3.05) is 11.5 Å².